The minimum atomic E-state index is -3.95. The molecule has 0 amide bonds. The number of esters is 1. The number of nitrogens with one attached hydrogen (secondary N) is 1. The number of methoxy groups -OCH3 is 1. The van der Waals surface area contributed by atoms with Crippen LogP contribution >= 0.6 is 0 Å². The molecule has 0 spiro atoms. The summed E-state index contributed by atoms with van der Waals surface area (Å²) in [7, 11) is -2.71. The molecule has 1 aromatic heterocycles. The quantitative estimate of drug-likeness (QED) is 0.627. The molecular formula is C18H15N5O4S. The maximum Gasteiger partial charge on any atom is 0.337 e. The standard InChI is InChI=1S/C18H15N5O4S/c1-27-18(24)12-6-8-14(9-7-12)28(25,26)22-15-4-2-3-5-16(15)23-17(20)13(10-19)11-21-23/h2-9,11,22H,20H2,1H3. The summed E-state index contributed by atoms with van der Waals surface area (Å²) in [5.41, 5.74) is 6.89. The van der Waals surface area contributed by atoms with Crippen LogP contribution in [-0.4, -0.2) is 31.3 Å². The van der Waals surface area contributed by atoms with Gasteiger partial charge in [0, 0.05) is 0 Å². The fourth-order valence-corrected chi connectivity index (χ4v) is 3.55. The Kier molecular flexibility index (Phi) is 5.02. The summed E-state index contributed by atoms with van der Waals surface area (Å²) in [6.45, 7) is 0. The summed E-state index contributed by atoms with van der Waals surface area (Å²) in [5, 5.41) is 13.1. The summed E-state index contributed by atoms with van der Waals surface area (Å²) >= 11 is 0. The predicted molar refractivity (Wildman–Crippen MR) is 101 cm³/mol. The SMILES string of the molecule is COC(=O)c1ccc(S(=O)(=O)Nc2ccccc2-n2ncc(C#N)c2N)cc1. The molecule has 0 radical (unpaired) electrons. The van der Waals surface area contributed by atoms with Gasteiger partial charge in [-0.05, 0) is 36.4 Å². The number of hydrogen-bond donors (Lipinski definition) is 2. The van der Waals surface area contributed by atoms with Crippen LogP contribution in [0.5, 0.6) is 0 Å². The molecule has 28 heavy (non-hydrogen) atoms. The number of anilines is 2. The molecule has 9 nitrogen and oxygen atoms in total. The average molecular weight is 397 g/mol. The third-order valence-corrected chi connectivity index (χ3v) is 5.27. The van der Waals surface area contributed by atoms with Crippen LogP contribution in [0, 0.1) is 11.3 Å². The van der Waals surface area contributed by atoms with Crippen molar-refractivity contribution in [2.45, 2.75) is 4.90 Å². The molecule has 3 rings (SSSR count). The lowest BCUT2D eigenvalue weighted by Gasteiger charge is -2.13. The van der Waals surface area contributed by atoms with E-state index in [0.29, 0.717) is 5.69 Å². The number of ether oxygens (including phenoxy) is 1. The van der Waals surface area contributed by atoms with E-state index in [4.69, 9.17) is 11.0 Å². The van der Waals surface area contributed by atoms with Gasteiger partial charge in [0.15, 0.2) is 0 Å². The van der Waals surface area contributed by atoms with E-state index < -0.39 is 16.0 Å². The van der Waals surface area contributed by atoms with Gasteiger partial charge in [0.25, 0.3) is 10.0 Å². The molecule has 0 saturated carbocycles. The molecule has 1 heterocycles. The van der Waals surface area contributed by atoms with E-state index >= 15 is 0 Å². The van der Waals surface area contributed by atoms with Crippen molar-refractivity contribution < 1.29 is 17.9 Å². The molecule has 10 heteroatoms. The molecule has 0 fully saturated rings. The van der Waals surface area contributed by atoms with Crippen molar-refractivity contribution in [3.63, 3.8) is 0 Å². The number of nitriles is 1. The molecule has 0 bridgehead atoms. The second kappa shape index (κ2) is 7.42. The number of carbonyl (C=O) groups excluding carboxylic acids is 1. The summed E-state index contributed by atoms with van der Waals surface area (Å²) < 4.78 is 33.8. The maximum atomic E-state index is 12.7. The minimum absolute atomic E-state index is 0.0406. The Labute approximate surface area is 161 Å². The number of nitrogens with zero attached hydrogens (tertiary/aromatic N) is 3. The molecule has 2 aromatic carbocycles. The van der Waals surface area contributed by atoms with Gasteiger partial charge in [-0.25, -0.2) is 17.9 Å². The Morgan fingerprint density at radius 1 is 1.21 bits per heavy atom. The first-order chi connectivity index (χ1) is 13.4. The van der Waals surface area contributed by atoms with E-state index in [-0.39, 0.29) is 27.5 Å². The average Bonchev–Trinajstić information content (AvgIpc) is 3.08. The highest BCUT2D eigenvalue weighted by Crippen LogP contribution is 2.26. The van der Waals surface area contributed by atoms with E-state index in [1.54, 1.807) is 24.3 Å². The van der Waals surface area contributed by atoms with E-state index in [0.717, 1.165) is 0 Å². The van der Waals surface area contributed by atoms with Gasteiger partial charge < -0.3 is 10.5 Å². The topological polar surface area (TPSA) is 140 Å². The third kappa shape index (κ3) is 3.51. The highest BCUT2D eigenvalue weighted by Gasteiger charge is 2.19. The van der Waals surface area contributed by atoms with Crippen LogP contribution < -0.4 is 10.5 Å². The molecule has 3 aromatic rings. The monoisotopic (exact) mass is 397 g/mol. The number of aromatic nitrogens is 2. The molecule has 0 saturated heterocycles. The van der Waals surface area contributed by atoms with Crippen molar-refractivity contribution in [3.05, 3.63) is 65.9 Å². The summed E-state index contributed by atoms with van der Waals surface area (Å²) in [5.74, 6) is -0.471. The number of rotatable bonds is 5. The van der Waals surface area contributed by atoms with Gasteiger partial charge in [-0.2, -0.15) is 10.4 Å². The van der Waals surface area contributed by atoms with E-state index in [1.807, 2.05) is 6.07 Å². The predicted octanol–water partition coefficient (Wildman–Crippen LogP) is 1.91. The zero-order chi connectivity index (χ0) is 20.3. The Balaban J connectivity index is 1.96. The number of carbonyl (C=O) groups is 1. The first-order valence-electron chi connectivity index (χ1n) is 7.91. The molecular weight excluding hydrogens is 382 g/mol. The van der Waals surface area contributed by atoms with Gasteiger partial charge in [0.05, 0.1) is 35.1 Å². The van der Waals surface area contributed by atoms with Gasteiger partial charge >= 0.3 is 5.97 Å². The van der Waals surface area contributed by atoms with Gasteiger partial charge in [0.1, 0.15) is 17.5 Å². The highest BCUT2D eigenvalue weighted by molar-refractivity contribution is 7.92. The number of sulfonamides is 1. The van der Waals surface area contributed by atoms with Gasteiger partial charge in [-0.1, -0.05) is 12.1 Å². The highest BCUT2D eigenvalue weighted by atomic mass is 32.2. The first-order valence-corrected chi connectivity index (χ1v) is 9.40. The summed E-state index contributed by atoms with van der Waals surface area (Å²) in [4.78, 5) is 11.5. The normalized spacial score (nSPS) is 10.9. The number of hydrogen-bond acceptors (Lipinski definition) is 7. The summed E-state index contributed by atoms with van der Waals surface area (Å²) in [6.07, 6.45) is 1.30. The lowest BCUT2D eigenvalue weighted by Crippen LogP contribution is -2.15. The lowest BCUT2D eigenvalue weighted by atomic mass is 10.2. The van der Waals surface area contributed by atoms with E-state index in [1.165, 1.54) is 42.3 Å². The van der Waals surface area contributed by atoms with Crippen LogP contribution in [0.1, 0.15) is 15.9 Å². The second-order valence-corrected chi connectivity index (χ2v) is 7.29. The fourth-order valence-electron chi connectivity index (χ4n) is 2.47. The Morgan fingerprint density at radius 3 is 2.50 bits per heavy atom. The molecule has 0 atom stereocenters. The number of nitrogens with two attached hydrogens (primary N) is 1. The van der Waals surface area contributed by atoms with Crippen LogP contribution in [0.2, 0.25) is 0 Å². The van der Waals surface area contributed by atoms with Crippen molar-refractivity contribution in [2.24, 2.45) is 0 Å². The van der Waals surface area contributed by atoms with Crippen molar-refractivity contribution in [3.8, 4) is 11.8 Å². The van der Waals surface area contributed by atoms with Gasteiger partial charge in [-0.15, -0.1) is 0 Å². The minimum Gasteiger partial charge on any atom is -0.465 e. The third-order valence-electron chi connectivity index (χ3n) is 3.89. The largest absolute Gasteiger partial charge is 0.465 e. The molecule has 142 valence electrons. The van der Waals surface area contributed by atoms with Crippen LogP contribution in [0.3, 0.4) is 0 Å². The van der Waals surface area contributed by atoms with E-state index in [9.17, 15) is 13.2 Å². The first kappa shape index (κ1) is 18.9. The van der Waals surface area contributed by atoms with Crippen LogP contribution in [0.4, 0.5) is 11.5 Å². The van der Waals surface area contributed by atoms with Crippen molar-refractivity contribution in [2.75, 3.05) is 17.6 Å². The zero-order valence-electron chi connectivity index (χ0n) is 14.7. The number of nitrogen functional groups attached to an aromatic ring is 1. The van der Waals surface area contributed by atoms with Crippen molar-refractivity contribution in [1.29, 1.82) is 5.26 Å². The second-order valence-electron chi connectivity index (χ2n) is 5.61. The zero-order valence-corrected chi connectivity index (χ0v) is 15.5. The fraction of sp³-hybridized carbons (Fsp3) is 0.0556. The van der Waals surface area contributed by atoms with Gasteiger partial charge in [-0.3, -0.25) is 4.72 Å². The lowest BCUT2D eigenvalue weighted by molar-refractivity contribution is 0.0600. The Hall–Kier alpha value is -3.84. The molecule has 0 unspecified atom stereocenters. The molecule has 3 N–H and O–H groups in total. The molecule has 0 aliphatic heterocycles. The molecule has 0 aliphatic carbocycles. The van der Waals surface area contributed by atoms with E-state index in [2.05, 4.69) is 14.6 Å². The van der Waals surface area contributed by atoms with Crippen molar-refractivity contribution >= 4 is 27.5 Å². The molecule has 0 aliphatic rings. The Bertz CT molecular complexity index is 1180. The number of para-hydroxylation sites is 2. The van der Waals surface area contributed by atoms with Crippen molar-refractivity contribution in [1.82, 2.24) is 9.78 Å². The van der Waals surface area contributed by atoms with Gasteiger partial charge in [0.2, 0.25) is 0 Å². The van der Waals surface area contributed by atoms with Crippen LogP contribution in [0.25, 0.3) is 5.69 Å². The van der Waals surface area contributed by atoms with Crippen LogP contribution in [0.15, 0.2) is 59.6 Å². The van der Waals surface area contributed by atoms with Crippen LogP contribution in [-0.2, 0) is 14.8 Å². The Morgan fingerprint density at radius 2 is 1.89 bits per heavy atom. The maximum absolute atomic E-state index is 12.7. The summed E-state index contributed by atoms with van der Waals surface area (Å²) in [6, 6.07) is 13.7. The number of benzene rings is 2. The smallest absolute Gasteiger partial charge is 0.337 e.